The first-order chi connectivity index (χ1) is 6.79. The predicted octanol–water partition coefficient (Wildman–Crippen LogP) is -0.454. The number of piperidine rings is 2. The largest absolute Gasteiger partial charge is 0.352 e. The zero-order valence-electron chi connectivity index (χ0n) is 8.54. The summed E-state index contributed by atoms with van der Waals surface area (Å²) < 4.78 is 0. The molecule has 0 aromatic carbocycles. The van der Waals surface area contributed by atoms with E-state index in [4.69, 9.17) is 5.73 Å². The van der Waals surface area contributed by atoms with E-state index in [2.05, 4.69) is 10.2 Å². The van der Waals surface area contributed by atoms with Gasteiger partial charge in [-0.15, -0.1) is 0 Å². The van der Waals surface area contributed by atoms with Crippen LogP contribution in [0.4, 0.5) is 0 Å². The van der Waals surface area contributed by atoms with E-state index in [1.807, 2.05) is 0 Å². The third-order valence-corrected chi connectivity index (χ3v) is 3.40. The summed E-state index contributed by atoms with van der Waals surface area (Å²) in [5.41, 5.74) is 5.29. The standard InChI is InChI=1S/C10H19N3O/c11-6-10(14)12-9-3-5-13-4-1-2-8(9)7-13/h8-9H,1-7,11H2,(H,12,14). The molecule has 0 spiro atoms. The second kappa shape index (κ2) is 4.28. The third kappa shape index (κ3) is 2.07. The second-order valence-electron chi connectivity index (χ2n) is 4.37. The molecule has 14 heavy (non-hydrogen) atoms. The van der Waals surface area contributed by atoms with Gasteiger partial charge in [-0.1, -0.05) is 0 Å². The van der Waals surface area contributed by atoms with E-state index in [1.165, 1.54) is 19.4 Å². The SMILES string of the molecule is NCC(=O)NC1CCN2CCCC1C2. The molecule has 2 bridgehead atoms. The maximum atomic E-state index is 11.2. The molecule has 3 atom stereocenters. The minimum absolute atomic E-state index is 0.00553. The van der Waals surface area contributed by atoms with Crippen LogP contribution in [0.2, 0.25) is 0 Å². The van der Waals surface area contributed by atoms with Gasteiger partial charge in [-0.3, -0.25) is 4.79 Å². The first-order valence-corrected chi connectivity index (χ1v) is 5.51. The van der Waals surface area contributed by atoms with Crippen molar-refractivity contribution in [2.24, 2.45) is 11.7 Å². The Morgan fingerprint density at radius 2 is 2.29 bits per heavy atom. The number of nitrogens with one attached hydrogen (secondary N) is 1. The fraction of sp³-hybridized carbons (Fsp3) is 0.900. The van der Waals surface area contributed by atoms with E-state index in [9.17, 15) is 4.79 Å². The van der Waals surface area contributed by atoms with Gasteiger partial charge in [-0.2, -0.15) is 0 Å². The molecule has 1 amide bonds. The molecule has 80 valence electrons. The topological polar surface area (TPSA) is 58.4 Å². The van der Waals surface area contributed by atoms with Crippen LogP contribution in [0.3, 0.4) is 0 Å². The van der Waals surface area contributed by atoms with Gasteiger partial charge < -0.3 is 16.0 Å². The molecule has 0 radical (unpaired) electrons. The molecule has 0 aliphatic carbocycles. The molecule has 2 fully saturated rings. The quantitative estimate of drug-likeness (QED) is 0.630. The average molecular weight is 197 g/mol. The monoisotopic (exact) mass is 197 g/mol. The highest BCUT2D eigenvalue weighted by Crippen LogP contribution is 2.26. The summed E-state index contributed by atoms with van der Waals surface area (Å²) in [7, 11) is 0. The Hall–Kier alpha value is -0.610. The molecular formula is C10H19N3O. The summed E-state index contributed by atoms with van der Waals surface area (Å²) in [4.78, 5) is 13.7. The van der Waals surface area contributed by atoms with E-state index in [1.54, 1.807) is 0 Å². The Morgan fingerprint density at radius 1 is 1.43 bits per heavy atom. The molecular weight excluding hydrogens is 178 g/mol. The summed E-state index contributed by atoms with van der Waals surface area (Å²) in [6.45, 7) is 3.66. The molecule has 0 aromatic heterocycles. The Morgan fingerprint density at radius 3 is 3.07 bits per heavy atom. The van der Waals surface area contributed by atoms with Gasteiger partial charge in [0.05, 0.1) is 6.54 Å². The van der Waals surface area contributed by atoms with E-state index in [-0.39, 0.29) is 12.5 Å². The number of rotatable bonds is 2. The van der Waals surface area contributed by atoms with Crippen LogP contribution < -0.4 is 11.1 Å². The van der Waals surface area contributed by atoms with Crippen molar-refractivity contribution in [1.82, 2.24) is 10.2 Å². The zero-order chi connectivity index (χ0) is 9.97. The molecule has 3 N–H and O–H groups in total. The lowest BCUT2D eigenvalue weighted by Crippen LogP contribution is -2.54. The smallest absolute Gasteiger partial charge is 0.233 e. The second-order valence-corrected chi connectivity index (χ2v) is 4.37. The number of fused-ring (bicyclic) bond motifs is 2. The van der Waals surface area contributed by atoms with Crippen molar-refractivity contribution in [2.45, 2.75) is 25.3 Å². The first-order valence-electron chi connectivity index (χ1n) is 5.51. The fourth-order valence-corrected chi connectivity index (χ4v) is 2.64. The molecule has 2 aliphatic heterocycles. The van der Waals surface area contributed by atoms with Crippen LogP contribution in [-0.2, 0) is 4.79 Å². The van der Waals surface area contributed by atoms with Gasteiger partial charge >= 0.3 is 0 Å². The average Bonchev–Trinajstić information content (AvgIpc) is 2.23. The maximum absolute atomic E-state index is 11.2. The molecule has 2 saturated heterocycles. The van der Waals surface area contributed by atoms with Crippen LogP contribution in [0.5, 0.6) is 0 Å². The summed E-state index contributed by atoms with van der Waals surface area (Å²) in [6.07, 6.45) is 3.63. The number of hydrogen-bond acceptors (Lipinski definition) is 3. The zero-order valence-corrected chi connectivity index (χ0v) is 8.54. The first kappa shape index (κ1) is 9.93. The molecule has 2 rings (SSSR count). The number of nitrogens with zero attached hydrogens (tertiary/aromatic N) is 1. The van der Waals surface area contributed by atoms with Crippen LogP contribution >= 0.6 is 0 Å². The van der Waals surface area contributed by atoms with Crippen molar-refractivity contribution < 1.29 is 4.79 Å². The summed E-state index contributed by atoms with van der Waals surface area (Å²) in [6, 6.07) is 0.377. The van der Waals surface area contributed by atoms with Gasteiger partial charge in [-0.05, 0) is 31.7 Å². The summed E-state index contributed by atoms with van der Waals surface area (Å²) in [5.74, 6) is 0.655. The van der Waals surface area contributed by atoms with Crippen molar-refractivity contribution in [3.05, 3.63) is 0 Å². The summed E-state index contributed by atoms with van der Waals surface area (Å²) in [5, 5.41) is 3.03. The van der Waals surface area contributed by atoms with E-state index in [0.29, 0.717) is 12.0 Å². The Kier molecular flexibility index (Phi) is 3.03. The van der Waals surface area contributed by atoms with Gasteiger partial charge in [0.1, 0.15) is 0 Å². The highest BCUT2D eigenvalue weighted by atomic mass is 16.1. The molecule has 4 heteroatoms. The Bertz CT molecular complexity index is 219. The third-order valence-electron chi connectivity index (χ3n) is 3.40. The Balaban J connectivity index is 1.89. The summed E-state index contributed by atoms with van der Waals surface area (Å²) >= 11 is 0. The van der Waals surface area contributed by atoms with Crippen molar-refractivity contribution >= 4 is 5.91 Å². The van der Waals surface area contributed by atoms with Crippen LogP contribution in [0.1, 0.15) is 19.3 Å². The van der Waals surface area contributed by atoms with Crippen molar-refractivity contribution in [3.8, 4) is 0 Å². The van der Waals surface area contributed by atoms with E-state index >= 15 is 0 Å². The van der Waals surface area contributed by atoms with E-state index in [0.717, 1.165) is 19.5 Å². The van der Waals surface area contributed by atoms with Gasteiger partial charge in [0.15, 0.2) is 0 Å². The molecule has 0 saturated carbocycles. The minimum atomic E-state index is -0.00553. The normalized spacial score (nSPS) is 36.5. The highest BCUT2D eigenvalue weighted by Gasteiger charge is 2.32. The van der Waals surface area contributed by atoms with Crippen molar-refractivity contribution in [3.63, 3.8) is 0 Å². The molecule has 3 unspecified atom stereocenters. The molecule has 0 aromatic rings. The molecule has 2 heterocycles. The number of amides is 1. The van der Waals surface area contributed by atoms with Crippen molar-refractivity contribution in [2.75, 3.05) is 26.2 Å². The van der Waals surface area contributed by atoms with Crippen LogP contribution in [-0.4, -0.2) is 43.0 Å². The van der Waals surface area contributed by atoms with Gasteiger partial charge in [-0.25, -0.2) is 0 Å². The molecule has 4 nitrogen and oxygen atoms in total. The Labute approximate surface area is 84.8 Å². The lowest BCUT2D eigenvalue weighted by atomic mass is 9.85. The van der Waals surface area contributed by atoms with Crippen LogP contribution in [0, 0.1) is 5.92 Å². The number of hydrogen-bond donors (Lipinski definition) is 2. The number of nitrogens with two attached hydrogens (primary N) is 1. The van der Waals surface area contributed by atoms with Crippen LogP contribution in [0.15, 0.2) is 0 Å². The minimum Gasteiger partial charge on any atom is -0.352 e. The van der Waals surface area contributed by atoms with Gasteiger partial charge in [0.25, 0.3) is 0 Å². The predicted molar refractivity (Wildman–Crippen MR) is 54.8 cm³/mol. The van der Waals surface area contributed by atoms with Crippen molar-refractivity contribution in [1.29, 1.82) is 0 Å². The number of carbonyl (C=O) groups excluding carboxylic acids is 1. The van der Waals surface area contributed by atoms with Gasteiger partial charge in [0.2, 0.25) is 5.91 Å². The van der Waals surface area contributed by atoms with Crippen LogP contribution in [0.25, 0.3) is 0 Å². The fourth-order valence-electron chi connectivity index (χ4n) is 2.64. The highest BCUT2D eigenvalue weighted by molar-refractivity contribution is 5.78. The molecule has 2 aliphatic rings. The number of carbonyl (C=O) groups is 1. The van der Waals surface area contributed by atoms with E-state index < -0.39 is 0 Å². The lowest BCUT2D eigenvalue weighted by Gasteiger charge is -2.42. The van der Waals surface area contributed by atoms with Gasteiger partial charge in [0, 0.05) is 19.1 Å². The maximum Gasteiger partial charge on any atom is 0.233 e. The lowest BCUT2D eigenvalue weighted by molar-refractivity contribution is -0.121.